The van der Waals surface area contributed by atoms with E-state index < -0.39 is 0 Å². The molecule has 1 atom stereocenters. The summed E-state index contributed by atoms with van der Waals surface area (Å²) in [7, 11) is 0. The van der Waals surface area contributed by atoms with Gasteiger partial charge in [0.25, 0.3) is 0 Å². The van der Waals surface area contributed by atoms with Crippen molar-refractivity contribution in [2.75, 3.05) is 0 Å². The van der Waals surface area contributed by atoms with E-state index in [0.717, 1.165) is 12.8 Å². The average Bonchev–Trinajstić information content (AvgIpc) is 2.26. The van der Waals surface area contributed by atoms with Gasteiger partial charge in [-0.05, 0) is 62.1 Å². The molecule has 1 aliphatic rings. The fourth-order valence-electron chi connectivity index (χ4n) is 2.46. The molecule has 0 saturated carbocycles. The second kappa shape index (κ2) is 4.80. The molecule has 2 rings (SSSR count). The first-order chi connectivity index (χ1) is 7.27. The number of aryl methyl sites for hydroxylation is 2. The van der Waals surface area contributed by atoms with Crippen LogP contribution < -0.4 is 0 Å². The normalized spacial score (nSPS) is 17.2. The molecule has 0 aromatic heterocycles. The van der Waals surface area contributed by atoms with Gasteiger partial charge in [-0.2, -0.15) is 0 Å². The zero-order chi connectivity index (χ0) is 10.7. The number of fused-ring (bicyclic) bond motifs is 1. The van der Waals surface area contributed by atoms with Crippen LogP contribution in [0.5, 0.6) is 0 Å². The lowest BCUT2D eigenvalue weighted by Gasteiger charge is -2.19. The number of hydrogen-bond acceptors (Lipinski definition) is 1. The first-order valence-corrected chi connectivity index (χ1v) is 6.05. The molecule has 1 aromatic carbocycles. The smallest absolute Gasteiger partial charge is 0.0515 e. The Morgan fingerprint density at radius 1 is 1.27 bits per heavy atom. The summed E-state index contributed by atoms with van der Waals surface area (Å²) >= 11 is 0. The molecule has 1 heteroatoms. The van der Waals surface area contributed by atoms with Gasteiger partial charge in [0.05, 0.1) is 6.10 Å². The summed E-state index contributed by atoms with van der Waals surface area (Å²) < 4.78 is 0. The van der Waals surface area contributed by atoms with E-state index in [9.17, 15) is 5.11 Å². The Bertz CT molecular complexity index is 328. The van der Waals surface area contributed by atoms with Crippen LogP contribution in [0.1, 0.15) is 42.9 Å². The Morgan fingerprint density at radius 2 is 2.07 bits per heavy atom. The first-order valence-electron chi connectivity index (χ1n) is 6.05. The lowest BCUT2D eigenvalue weighted by molar-refractivity contribution is 0.185. The van der Waals surface area contributed by atoms with E-state index in [1.807, 2.05) is 6.92 Å². The van der Waals surface area contributed by atoms with E-state index in [-0.39, 0.29) is 6.10 Å². The van der Waals surface area contributed by atoms with Crippen molar-refractivity contribution in [2.45, 2.75) is 51.6 Å². The molecule has 0 radical (unpaired) electrons. The first kappa shape index (κ1) is 10.7. The van der Waals surface area contributed by atoms with Crippen LogP contribution in [0.4, 0.5) is 0 Å². The average molecular weight is 204 g/mol. The Labute approximate surface area is 92.1 Å². The third-order valence-electron chi connectivity index (χ3n) is 3.32. The highest BCUT2D eigenvalue weighted by atomic mass is 16.3. The minimum Gasteiger partial charge on any atom is -0.393 e. The van der Waals surface area contributed by atoms with E-state index in [0.29, 0.717) is 0 Å². The Balaban J connectivity index is 2.16. The van der Waals surface area contributed by atoms with Crippen molar-refractivity contribution < 1.29 is 5.11 Å². The molecule has 15 heavy (non-hydrogen) atoms. The van der Waals surface area contributed by atoms with E-state index in [1.165, 1.54) is 31.2 Å². The van der Waals surface area contributed by atoms with E-state index in [4.69, 9.17) is 0 Å². The predicted octanol–water partition coefficient (Wildman–Crippen LogP) is 2.88. The van der Waals surface area contributed by atoms with Crippen LogP contribution in [0.25, 0.3) is 0 Å². The maximum Gasteiger partial charge on any atom is 0.0515 e. The topological polar surface area (TPSA) is 20.2 Å². The predicted molar refractivity (Wildman–Crippen MR) is 63.1 cm³/mol. The summed E-state index contributed by atoms with van der Waals surface area (Å²) in [5, 5.41) is 9.32. The monoisotopic (exact) mass is 204 g/mol. The van der Waals surface area contributed by atoms with E-state index in [2.05, 4.69) is 18.2 Å². The standard InChI is InChI=1S/C14H20O/c1-11(15)9-10-13-7-4-6-12-5-2-3-8-14(12)13/h4,6-7,11,15H,2-3,5,8-10H2,1H3. The summed E-state index contributed by atoms with van der Waals surface area (Å²) in [6.45, 7) is 1.87. The fraction of sp³-hybridized carbons (Fsp3) is 0.571. The molecule has 1 aliphatic carbocycles. The second-order valence-electron chi connectivity index (χ2n) is 4.65. The van der Waals surface area contributed by atoms with Crippen LogP contribution in [-0.2, 0) is 19.3 Å². The van der Waals surface area contributed by atoms with Crippen molar-refractivity contribution in [1.29, 1.82) is 0 Å². The third-order valence-corrected chi connectivity index (χ3v) is 3.32. The van der Waals surface area contributed by atoms with Crippen LogP contribution in [-0.4, -0.2) is 11.2 Å². The molecular formula is C14H20O. The molecule has 1 nitrogen and oxygen atoms in total. The zero-order valence-corrected chi connectivity index (χ0v) is 9.50. The van der Waals surface area contributed by atoms with Crippen molar-refractivity contribution in [3.63, 3.8) is 0 Å². The molecule has 0 spiro atoms. The van der Waals surface area contributed by atoms with Gasteiger partial charge in [-0.3, -0.25) is 0 Å². The summed E-state index contributed by atoms with van der Waals surface area (Å²) in [6.07, 6.45) is 6.90. The minimum absolute atomic E-state index is 0.176. The largest absolute Gasteiger partial charge is 0.393 e. The van der Waals surface area contributed by atoms with Gasteiger partial charge in [0, 0.05) is 0 Å². The molecule has 1 unspecified atom stereocenters. The van der Waals surface area contributed by atoms with Crippen LogP contribution >= 0.6 is 0 Å². The van der Waals surface area contributed by atoms with Gasteiger partial charge < -0.3 is 5.11 Å². The minimum atomic E-state index is -0.176. The molecular weight excluding hydrogens is 184 g/mol. The lowest BCUT2D eigenvalue weighted by atomic mass is 9.87. The van der Waals surface area contributed by atoms with Gasteiger partial charge in [0.15, 0.2) is 0 Å². The van der Waals surface area contributed by atoms with Crippen molar-refractivity contribution in [3.8, 4) is 0 Å². The van der Waals surface area contributed by atoms with Crippen LogP contribution in [0, 0.1) is 0 Å². The molecule has 82 valence electrons. The van der Waals surface area contributed by atoms with Crippen molar-refractivity contribution in [1.82, 2.24) is 0 Å². The second-order valence-corrected chi connectivity index (χ2v) is 4.65. The molecule has 0 amide bonds. The van der Waals surface area contributed by atoms with Crippen LogP contribution in [0.2, 0.25) is 0 Å². The highest BCUT2D eigenvalue weighted by molar-refractivity contribution is 5.37. The molecule has 0 saturated heterocycles. The van der Waals surface area contributed by atoms with E-state index >= 15 is 0 Å². The van der Waals surface area contributed by atoms with Crippen LogP contribution in [0.15, 0.2) is 18.2 Å². The number of rotatable bonds is 3. The summed E-state index contributed by atoms with van der Waals surface area (Å²) in [4.78, 5) is 0. The maximum atomic E-state index is 9.32. The quantitative estimate of drug-likeness (QED) is 0.802. The molecule has 0 fully saturated rings. The van der Waals surface area contributed by atoms with Gasteiger partial charge in [-0.25, -0.2) is 0 Å². The lowest BCUT2D eigenvalue weighted by Crippen LogP contribution is -2.08. The van der Waals surface area contributed by atoms with Crippen molar-refractivity contribution in [3.05, 3.63) is 34.9 Å². The number of benzene rings is 1. The van der Waals surface area contributed by atoms with Gasteiger partial charge in [0.1, 0.15) is 0 Å². The van der Waals surface area contributed by atoms with Crippen molar-refractivity contribution in [2.24, 2.45) is 0 Å². The number of aliphatic hydroxyl groups is 1. The SMILES string of the molecule is CC(O)CCc1cccc2c1CCCC2. The summed E-state index contributed by atoms with van der Waals surface area (Å²) in [5.74, 6) is 0. The molecule has 0 heterocycles. The maximum absolute atomic E-state index is 9.32. The highest BCUT2D eigenvalue weighted by Gasteiger charge is 2.12. The zero-order valence-electron chi connectivity index (χ0n) is 9.50. The molecule has 0 aliphatic heterocycles. The molecule has 1 N–H and O–H groups in total. The van der Waals surface area contributed by atoms with Gasteiger partial charge in [-0.1, -0.05) is 18.2 Å². The van der Waals surface area contributed by atoms with Crippen LogP contribution in [0.3, 0.4) is 0 Å². The third kappa shape index (κ3) is 2.60. The summed E-state index contributed by atoms with van der Waals surface area (Å²) in [6, 6.07) is 6.66. The Hall–Kier alpha value is -0.820. The number of aliphatic hydroxyl groups excluding tert-OH is 1. The van der Waals surface area contributed by atoms with Crippen molar-refractivity contribution >= 4 is 0 Å². The Morgan fingerprint density at radius 3 is 2.87 bits per heavy atom. The molecule has 0 bridgehead atoms. The Kier molecular flexibility index (Phi) is 3.42. The van der Waals surface area contributed by atoms with E-state index in [1.54, 1.807) is 11.1 Å². The summed E-state index contributed by atoms with van der Waals surface area (Å²) in [5.41, 5.74) is 4.59. The van der Waals surface area contributed by atoms with Gasteiger partial charge in [0.2, 0.25) is 0 Å². The van der Waals surface area contributed by atoms with Gasteiger partial charge in [-0.15, -0.1) is 0 Å². The fourth-order valence-corrected chi connectivity index (χ4v) is 2.46. The molecule has 1 aromatic rings. The highest BCUT2D eigenvalue weighted by Crippen LogP contribution is 2.25. The van der Waals surface area contributed by atoms with Gasteiger partial charge >= 0.3 is 0 Å². The number of hydrogen-bond donors (Lipinski definition) is 1.